The molecule has 0 bridgehead atoms. The first-order chi connectivity index (χ1) is 15.6. The monoisotopic (exact) mass is 423 g/mol. The zero-order chi connectivity index (χ0) is 22.1. The Bertz CT molecular complexity index is 1280. The van der Waals surface area contributed by atoms with Crippen molar-refractivity contribution in [3.05, 3.63) is 107 Å². The summed E-state index contributed by atoms with van der Waals surface area (Å²) in [7, 11) is 1.78. The number of fused-ring (bicyclic) bond motifs is 2. The number of aromatic nitrogens is 1. The highest BCUT2D eigenvalue weighted by molar-refractivity contribution is 6.01. The Morgan fingerprint density at radius 3 is 2.53 bits per heavy atom. The average Bonchev–Trinajstić information content (AvgIpc) is 3.25. The molecule has 2 heterocycles. The second-order valence-corrected chi connectivity index (χ2v) is 8.24. The molecule has 5 nitrogen and oxygen atoms in total. The minimum atomic E-state index is -0.473. The molecule has 0 radical (unpaired) electrons. The third-order valence-corrected chi connectivity index (χ3v) is 6.37. The van der Waals surface area contributed by atoms with Crippen molar-refractivity contribution in [2.24, 2.45) is 0 Å². The topological polar surface area (TPSA) is 65.2 Å². The van der Waals surface area contributed by atoms with Crippen LogP contribution in [0.25, 0.3) is 10.9 Å². The number of para-hydroxylation sites is 1. The predicted molar refractivity (Wildman–Crippen MR) is 125 cm³/mol. The molecule has 0 saturated heterocycles. The van der Waals surface area contributed by atoms with Gasteiger partial charge in [-0.05, 0) is 35.2 Å². The summed E-state index contributed by atoms with van der Waals surface area (Å²) < 4.78 is 0. The van der Waals surface area contributed by atoms with Crippen LogP contribution in [0.1, 0.15) is 39.0 Å². The molecular formula is C27H25N3O2. The van der Waals surface area contributed by atoms with Gasteiger partial charge in [-0.15, -0.1) is 0 Å². The fourth-order valence-corrected chi connectivity index (χ4v) is 4.79. The van der Waals surface area contributed by atoms with Crippen LogP contribution in [0.5, 0.6) is 0 Å². The summed E-state index contributed by atoms with van der Waals surface area (Å²) in [6.07, 6.45) is 2.74. The highest BCUT2D eigenvalue weighted by atomic mass is 16.2. The van der Waals surface area contributed by atoms with Crippen LogP contribution in [0.4, 0.5) is 0 Å². The van der Waals surface area contributed by atoms with Crippen LogP contribution in [-0.2, 0) is 11.2 Å². The van der Waals surface area contributed by atoms with Gasteiger partial charge in [-0.3, -0.25) is 9.59 Å². The van der Waals surface area contributed by atoms with Crippen molar-refractivity contribution in [2.45, 2.75) is 18.4 Å². The lowest BCUT2D eigenvalue weighted by Crippen LogP contribution is -2.45. The highest BCUT2D eigenvalue weighted by Crippen LogP contribution is 2.41. The Balaban J connectivity index is 1.42. The van der Waals surface area contributed by atoms with Crippen LogP contribution in [0.2, 0.25) is 0 Å². The number of carbonyl (C=O) groups excluding carboxylic acids is 2. The van der Waals surface area contributed by atoms with Crippen molar-refractivity contribution >= 4 is 22.7 Å². The molecule has 1 aromatic heterocycles. The second kappa shape index (κ2) is 8.35. The van der Waals surface area contributed by atoms with E-state index in [-0.39, 0.29) is 17.9 Å². The molecule has 1 aliphatic rings. The first-order valence-electron chi connectivity index (χ1n) is 10.9. The maximum Gasteiger partial charge on any atom is 0.254 e. The van der Waals surface area contributed by atoms with Gasteiger partial charge in [-0.25, -0.2) is 0 Å². The summed E-state index contributed by atoms with van der Waals surface area (Å²) in [4.78, 5) is 31.6. The number of nitrogens with zero attached hydrogens (tertiary/aromatic N) is 1. The number of hydrogen-bond donors (Lipinski definition) is 2. The minimum Gasteiger partial charge on any atom is -0.361 e. The van der Waals surface area contributed by atoms with E-state index in [2.05, 4.69) is 16.4 Å². The van der Waals surface area contributed by atoms with Crippen molar-refractivity contribution in [1.29, 1.82) is 0 Å². The molecule has 0 unspecified atom stereocenters. The van der Waals surface area contributed by atoms with Gasteiger partial charge in [-0.1, -0.05) is 66.7 Å². The largest absolute Gasteiger partial charge is 0.361 e. The van der Waals surface area contributed by atoms with E-state index in [9.17, 15) is 9.59 Å². The molecule has 0 spiro atoms. The minimum absolute atomic E-state index is 0.0581. The first kappa shape index (κ1) is 20.1. The van der Waals surface area contributed by atoms with Gasteiger partial charge in [0.15, 0.2) is 0 Å². The number of aromatic amines is 1. The third kappa shape index (κ3) is 3.46. The number of amides is 2. The van der Waals surface area contributed by atoms with E-state index in [1.54, 1.807) is 11.9 Å². The van der Waals surface area contributed by atoms with Gasteiger partial charge < -0.3 is 15.2 Å². The smallest absolute Gasteiger partial charge is 0.254 e. The molecule has 5 heteroatoms. The lowest BCUT2D eigenvalue weighted by Gasteiger charge is -2.39. The molecule has 32 heavy (non-hydrogen) atoms. The number of likely N-dealkylation sites (N-methyl/N-ethyl adjacent to an activating group) is 1. The fraction of sp³-hybridized carbons (Fsp3) is 0.185. The number of nitrogens with one attached hydrogen (secondary N) is 2. The van der Waals surface area contributed by atoms with Crippen molar-refractivity contribution in [1.82, 2.24) is 15.2 Å². The van der Waals surface area contributed by atoms with Gasteiger partial charge in [0.1, 0.15) is 0 Å². The fourth-order valence-electron chi connectivity index (χ4n) is 4.79. The molecule has 1 aliphatic heterocycles. The summed E-state index contributed by atoms with van der Waals surface area (Å²) in [6.45, 7) is 0.526. The maximum atomic E-state index is 13.5. The molecule has 0 aliphatic carbocycles. The number of H-pyrrole nitrogens is 1. The molecule has 0 fully saturated rings. The van der Waals surface area contributed by atoms with Crippen LogP contribution in [0.3, 0.4) is 0 Å². The van der Waals surface area contributed by atoms with Crippen molar-refractivity contribution in [3.8, 4) is 0 Å². The summed E-state index contributed by atoms with van der Waals surface area (Å²) in [5.41, 5.74) is 4.61. The lowest BCUT2D eigenvalue weighted by molar-refractivity contribution is -0.124. The highest BCUT2D eigenvalue weighted by Gasteiger charge is 2.42. The third-order valence-electron chi connectivity index (χ3n) is 6.37. The van der Waals surface area contributed by atoms with Crippen molar-refractivity contribution in [2.75, 3.05) is 13.6 Å². The Morgan fingerprint density at radius 1 is 0.969 bits per heavy atom. The van der Waals surface area contributed by atoms with E-state index in [1.807, 2.05) is 79.0 Å². The average molecular weight is 424 g/mol. The van der Waals surface area contributed by atoms with E-state index in [1.165, 1.54) is 10.9 Å². The van der Waals surface area contributed by atoms with E-state index < -0.39 is 5.92 Å². The van der Waals surface area contributed by atoms with Crippen molar-refractivity contribution < 1.29 is 9.59 Å². The molecular weight excluding hydrogens is 398 g/mol. The van der Waals surface area contributed by atoms with Gasteiger partial charge in [-0.2, -0.15) is 0 Å². The molecule has 4 aromatic rings. The molecule has 160 valence electrons. The Labute approximate surface area is 187 Å². The molecule has 0 saturated carbocycles. The predicted octanol–water partition coefficient (Wildman–Crippen LogP) is 4.44. The van der Waals surface area contributed by atoms with Crippen LogP contribution in [-0.4, -0.2) is 35.3 Å². The summed E-state index contributed by atoms with van der Waals surface area (Å²) in [5, 5.41) is 4.32. The van der Waals surface area contributed by atoms with Crippen LogP contribution in [0, 0.1) is 0 Å². The number of carbonyl (C=O) groups is 2. The first-order valence-corrected chi connectivity index (χ1v) is 10.9. The van der Waals surface area contributed by atoms with E-state index in [0.29, 0.717) is 12.1 Å². The van der Waals surface area contributed by atoms with Gasteiger partial charge in [0.2, 0.25) is 5.91 Å². The second-order valence-electron chi connectivity index (χ2n) is 8.24. The Kier molecular flexibility index (Phi) is 5.23. The zero-order valence-corrected chi connectivity index (χ0v) is 17.9. The molecule has 2 amide bonds. The number of rotatable bonds is 5. The quantitative estimate of drug-likeness (QED) is 0.499. The van der Waals surface area contributed by atoms with Gasteiger partial charge >= 0.3 is 0 Å². The number of benzene rings is 3. The summed E-state index contributed by atoms with van der Waals surface area (Å²) in [5.74, 6) is -0.595. The standard InChI is InChI=1S/C27H25N3O2/c1-30-25(18-9-3-2-4-10-18)24(21-12-5-6-13-22(21)27(30)32)26(31)28-16-15-19-17-29-23-14-8-7-11-20(19)23/h2-14,17,24-25,29H,15-16H2,1H3,(H,28,31)/t24-,25-/m0/s1. The zero-order valence-electron chi connectivity index (χ0n) is 17.9. The van der Waals surface area contributed by atoms with Gasteiger partial charge in [0.25, 0.3) is 5.91 Å². The van der Waals surface area contributed by atoms with Crippen LogP contribution >= 0.6 is 0 Å². The van der Waals surface area contributed by atoms with E-state index in [0.717, 1.165) is 23.1 Å². The van der Waals surface area contributed by atoms with E-state index in [4.69, 9.17) is 0 Å². The summed E-state index contributed by atoms with van der Waals surface area (Å²) >= 11 is 0. The van der Waals surface area contributed by atoms with Gasteiger partial charge in [0.05, 0.1) is 12.0 Å². The molecule has 3 aromatic carbocycles. The Hall–Kier alpha value is -3.86. The molecule has 2 atom stereocenters. The Morgan fingerprint density at radius 2 is 1.69 bits per heavy atom. The van der Waals surface area contributed by atoms with Gasteiger partial charge in [0, 0.05) is 36.3 Å². The van der Waals surface area contributed by atoms with Crippen LogP contribution < -0.4 is 5.32 Å². The van der Waals surface area contributed by atoms with Crippen LogP contribution in [0.15, 0.2) is 85.1 Å². The molecule has 5 rings (SSSR count). The maximum absolute atomic E-state index is 13.5. The number of hydrogen-bond acceptors (Lipinski definition) is 2. The summed E-state index contributed by atoms with van der Waals surface area (Å²) in [6, 6.07) is 25.1. The lowest BCUT2D eigenvalue weighted by atomic mass is 9.79. The van der Waals surface area contributed by atoms with E-state index >= 15 is 0 Å². The SMILES string of the molecule is CN1C(=O)c2ccccc2[C@H](C(=O)NCCc2c[nH]c3ccccc23)[C@@H]1c1ccccc1. The normalized spacial score (nSPS) is 17.9. The molecule has 2 N–H and O–H groups in total. The van der Waals surface area contributed by atoms with Crippen molar-refractivity contribution in [3.63, 3.8) is 0 Å².